The number of methoxy groups -OCH3 is 3. The molecule has 190 valence electrons. The number of amides is 1. The van der Waals surface area contributed by atoms with Gasteiger partial charge in [0.05, 0.1) is 40.6 Å². The van der Waals surface area contributed by atoms with Crippen LogP contribution in [0.1, 0.15) is 18.7 Å². The van der Waals surface area contributed by atoms with E-state index in [1.165, 1.54) is 0 Å². The van der Waals surface area contributed by atoms with Crippen molar-refractivity contribution in [3.05, 3.63) is 24.0 Å². The molecule has 0 unspecified atom stereocenters. The van der Waals surface area contributed by atoms with E-state index in [-0.39, 0.29) is 12.3 Å². The van der Waals surface area contributed by atoms with Crippen molar-refractivity contribution in [1.29, 1.82) is 5.26 Å². The molecule has 1 aromatic carbocycles. The van der Waals surface area contributed by atoms with E-state index in [0.29, 0.717) is 86.5 Å². The van der Waals surface area contributed by atoms with Crippen LogP contribution in [-0.2, 0) is 9.53 Å². The summed E-state index contributed by atoms with van der Waals surface area (Å²) in [5, 5.41) is 12.1. The lowest BCUT2D eigenvalue weighted by Gasteiger charge is -2.28. The van der Waals surface area contributed by atoms with Crippen molar-refractivity contribution in [3.8, 4) is 23.3 Å². The molecule has 1 saturated heterocycles. The van der Waals surface area contributed by atoms with E-state index < -0.39 is 0 Å². The molecule has 0 atom stereocenters. The zero-order valence-corrected chi connectivity index (χ0v) is 20.6. The van der Waals surface area contributed by atoms with Gasteiger partial charge in [-0.2, -0.15) is 20.2 Å². The highest BCUT2D eigenvalue weighted by molar-refractivity contribution is 5.79. The number of hydrogen-bond acceptors (Lipinski definition) is 11. The second kappa shape index (κ2) is 11.5. The van der Waals surface area contributed by atoms with Crippen LogP contribution in [-0.4, -0.2) is 86.5 Å². The average Bonchev–Trinajstić information content (AvgIpc) is 2.93. The van der Waals surface area contributed by atoms with Gasteiger partial charge in [-0.25, -0.2) is 0 Å². The molecule has 0 saturated carbocycles. The van der Waals surface area contributed by atoms with Gasteiger partial charge in [0.25, 0.3) is 0 Å². The van der Waals surface area contributed by atoms with Crippen molar-refractivity contribution in [3.63, 3.8) is 0 Å². The summed E-state index contributed by atoms with van der Waals surface area (Å²) in [6.07, 6.45) is 2.38. The van der Waals surface area contributed by atoms with Crippen LogP contribution in [0.25, 0.3) is 5.57 Å². The van der Waals surface area contributed by atoms with Crippen LogP contribution in [0.15, 0.2) is 18.2 Å². The number of benzene rings is 1. The van der Waals surface area contributed by atoms with E-state index >= 15 is 0 Å². The van der Waals surface area contributed by atoms with Gasteiger partial charge in [-0.1, -0.05) is 6.08 Å². The Balaban J connectivity index is 1.66. The van der Waals surface area contributed by atoms with Crippen molar-refractivity contribution in [1.82, 2.24) is 19.9 Å². The number of carbonyl (C=O) groups is 1. The molecule has 1 fully saturated rings. The Morgan fingerprint density at radius 2 is 1.81 bits per heavy atom. The standard InChI is InChI=1S/C24H29N7O5/c1-33-18-14-17(15-19(34-2)21(18)35-3)26-23-27-22(28-24(29-23)31-10-12-36-13-11-31)16-5-8-30(9-6-16)20(32)4-7-25/h5,14-15H,4,6,8-13H2,1-3H3,(H,26,27,28,29). The Bertz CT molecular complexity index is 1150. The highest BCUT2D eigenvalue weighted by Crippen LogP contribution is 2.40. The van der Waals surface area contributed by atoms with Gasteiger partial charge in [0.2, 0.25) is 23.6 Å². The predicted molar refractivity (Wildman–Crippen MR) is 132 cm³/mol. The lowest BCUT2D eigenvalue weighted by Crippen LogP contribution is -2.38. The number of aromatic nitrogens is 3. The minimum Gasteiger partial charge on any atom is -0.493 e. The highest BCUT2D eigenvalue weighted by atomic mass is 16.5. The van der Waals surface area contributed by atoms with Gasteiger partial charge >= 0.3 is 0 Å². The first kappa shape index (κ1) is 25.0. The normalized spacial score (nSPS) is 15.6. The van der Waals surface area contributed by atoms with E-state index in [4.69, 9.17) is 29.2 Å². The quantitative estimate of drug-likeness (QED) is 0.576. The summed E-state index contributed by atoms with van der Waals surface area (Å²) >= 11 is 0. The summed E-state index contributed by atoms with van der Waals surface area (Å²) in [7, 11) is 4.66. The molecule has 0 spiro atoms. The fraction of sp³-hybridized carbons (Fsp3) is 0.458. The number of hydrogen-bond donors (Lipinski definition) is 1. The topological polar surface area (TPSA) is 135 Å². The Morgan fingerprint density at radius 3 is 2.39 bits per heavy atom. The van der Waals surface area contributed by atoms with Crippen molar-refractivity contribution >= 4 is 29.1 Å². The molecule has 2 aliphatic heterocycles. The maximum atomic E-state index is 12.1. The summed E-state index contributed by atoms with van der Waals surface area (Å²) in [4.78, 5) is 29.9. The number of carbonyl (C=O) groups excluding carboxylic acids is 1. The van der Waals surface area contributed by atoms with E-state index in [2.05, 4.69) is 20.2 Å². The first-order valence-corrected chi connectivity index (χ1v) is 11.6. The van der Waals surface area contributed by atoms with Crippen LogP contribution in [0.3, 0.4) is 0 Å². The lowest BCUT2D eigenvalue weighted by atomic mass is 10.1. The first-order chi connectivity index (χ1) is 17.6. The predicted octanol–water partition coefficient (Wildman–Crippen LogP) is 2.01. The summed E-state index contributed by atoms with van der Waals surface area (Å²) in [5.74, 6) is 2.75. The van der Waals surface area contributed by atoms with Crippen molar-refractivity contribution < 1.29 is 23.7 Å². The minimum atomic E-state index is -0.179. The van der Waals surface area contributed by atoms with Crippen molar-refractivity contribution in [2.45, 2.75) is 12.8 Å². The molecule has 3 heterocycles. The third-order valence-corrected chi connectivity index (χ3v) is 5.92. The molecular formula is C24H29N7O5. The van der Waals surface area contributed by atoms with Gasteiger partial charge in [-0.15, -0.1) is 0 Å². The molecule has 1 amide bonds. The molecule has 1 N–H and O–H groups in total. The van der Waals surface area contributed by atoms with Gasteiger partial charge < -0.3 is 34.1 Å². The van der Waals surface area contributed by atoms with Crippen molar-refractivity contribution in [2.24, 2.45) is 0 Å². The van der Waals surface area contributed by atoms with Crippen LogP contribution in [0.2, 0.25) is 0 Å². The Morgan fingerprint density at radius 1 is 1.08 bits per heavy atom. The molecule has 0 bridgehead atoms. The number of rotatable bonds is 8. The summed E-state index contributed by atoms with van der Waals surface area (Å²) in [6, 6.07) is 5.46. The van der Waals surface area contributed by atoms with Crippen LogP contribution in [0.5, 0.6) is 17.2 Å². The Kier molecular flexibility index (Phi) is 8.02. The summed E-state index contributed by atoms with van der Waals surface area (Å²) in [5.41, 5.74) is 1.57. The summed E-state index contributed by atoms with van der Waals surface area (Å²) < 4.78 is 21.8. The molecule has 12 heteroatoms. The third kappa shape index (κ3) is 5.58. The van der Waals surface area contributed by atoms with E-state index in [1.807, 2.05) is 12.1 Å². The molecule has 4 rings (SSSR count). The van der Waals surface area contributed by atoms with Crippen molar-refractivity contribution in [2.75, 3.05) is 70.9 Å². The molecule has 12 nitrogen and oxygen atoms in total. The molecule has 2 aliphatic rings. The molecule has 1 aromatic heterocycles. The molecular weight excluding hydrogens is 466 g/mol. The lowest BCUT2D eigenvalue weighted by molar-refractivity contribution is -0.129. The zero-order chi connectivity index (χ0) is 25.5. The number of nitriles is 1. The SMILES string of the molecule is COc1cc(Nc2nc(C3=CCN(C(=O)CC#N)CC3)nc(N3CCOCC3)n2)cc(OC)c1OC. The zero-order valence-electron chi connectivity index (χ0n) is 20.6. The number of morpholine rings is 1. The smallest absolute Gasteiger partial charge is 0.237 e. The van der Waals surface area contributed by atoms with Gasteiger partial charge in [0, 0.05) is 44.0 Å². The number of anilines is 3. The fourth-order valence-electron chi connectivity index (χ4n) is 4.03. The Labute approximate surface area is 209 Å². The highest BCUT2D eigenvalue weighted by Gasteiger charge is 2.22. The molecule has 2 aromatic rings. The first-order valence-electron chi connectivity index (χ1n) is 11.6. The second-order valence-electron chi connectivity index (χ2n) is 8.08. The van der Waals surface area contributed by atoms with Crippen LogP contribution < -0.4 is 24.4 Å². The monoisotopic (exact) mass is 495 g/mol. The van der Waals surface area contributed by atoms with Crippen LogP contribution >= 0.6 is 0 Å². The number of nitrogens with zero attached hydrogens (tertiary/aromatic N) is 6. The molecule has 36 heavy (non-hydrogen) atoms. The van der Waals surface area contributed by atoms with E-state index in [1.54, 1.807) is 38.4 Å². The summed E-state index contributed by atoms with van der Waals surface area (Å²) in [6.45, 7) is 3.43. The number of nitrogens with one attached hydrogen (secondary N) is 1. The van der Waals surface area contributed by atoms with Gasteiger partial charge in [-0.05, 0) is 12.0 Å². The van der Waals surface area contributed by atoms with E-state index in [0.717, 1.165) is 5.57 Å². The fourth-order valence-corrected chi connectivity index (χ4v) is 4.03. The van der Waals surface area contributed by atoms with Crippen LogP contribution in [0, 0.1) is 11.3 Å². The molecule has 0 aliphatic carbocycles. The van der Waals surface area contributed by atoms with Gasteiger partial charge in [0.1, 0.15) is 6.42 Å². The maximum Gasteiger partial charge on any atom is 0.237 e. The maximum absolute atomic E-state index is 12.1. The largest absolute Gasteiger partial charge is 0.493 e. The van der Waals surface area contributed by atoms with E-state index in [9.17, 15) is 4.79 Å². The Hall–Kier alpha value is -4.11. The second-order valence-corrected chi connectivity index (χ2v) is 8.08. The average molecular weight is 496 g/mol. The minimum absolute atomic E-state index is 0.126. The van der Waals surface area contributed by atoms with Crippen LogP contribution in [0.4, 0.5) is 17.6 Å². The molecule has 0 radical (unpaired) electrons. The number of ether oxygens (including phenoxy) is 4. The third-order valence-electron chi connectivity index (χ3n) is 5.92. The van der Waals surface area contributed by atoms with Gasteiger partial charge in [-0.3, -0.25) is 4.79 Å². The van der Waals surface area contributed by atoms with Gasteiger partial charge in [0.15, 0.2) is 17.3 Å².